The molecule has 0 heterocycles. The predicted molar refractivity (Wildman–Crippen MR) is 152 cm³/mol. The fourth-order valence-corrected chi connectivity index (χ4v) is 3.43. The van der Waals surface area contributed by atoms with Gasteiger partial charge in [0.1, 0.15) is 24.4 Å². The molecule has 0 saturated carbocycles. The molecule has 2 aromatic rings. The molecule has 0 aliphatic rings. The van der Waals surface area contributed by atoms with Gasteiger partial charge in [-0.25, -0.2) is 14.4 Å². The number of halogens is 1. The van der Waals surface area contributed by atoms with Gasteiger partial charge in [-0.2, -0.15) is 0 Å². The van der Waals surface area contributed by atoms with Crippen LogP contribution >= 0.6 is 12.4 Å². The number of benzene rings is 2. The minimum absolute atomic E-state index is 0. The lowest BCUT2D eigenvalue weighted by atomic mass is 10.1. The summed E-state index contributed by atoms with van der Waals surface area (Å²) < 4.78 is 10.4. The van der Waals surface area contributed by atoms with Gasteiger partial charge in [0.25, 0.3) is 0 Å². The second-order valence-electron chi connectivity index (χ2n) is 9.00. The monoisotopic (exact) mass is 592 g/mol. The largest absolute Gasteiger partial charge is 0.480 e. The maximum Gasteiger partial charge on any atom is 0.408 e. The van der Waals surface area contributed by atoms with E-state index in [2.05, 4.69) is 16.0 Å². The molecule has 0 aliphatic carbocycles. The van der Waals surface area contributed by atoms with Gasteiger partial charge in [-0.15, -0.1) is 12.4 Å². The van der Waals surface area contributed by atoms with Crippen LogP contribution in [0, 0.1) is 0 Å². The van der Waals surface area contributed by atoms with E-state index in [1.165, 1.54) is 19.1 Å². The molecule has 2 atom stereocenters. The van der Waals surface area contributed by atoms with Crippen LogP contribution in [-0.2, 0) is 36.9 Å². The average molecular weight is 593 g/mol. The molecule has 2 rings (SSSR count). The Kier molecular flexibility index (Phi) is 16.2. The summed E-state index contributed by atoms with van der Waals surface area (Å²) in [5.41, 5.74) is 6.75. The highest BCUT2D eigenvalue weighted by atomic mass is 35.5. The Bertz CT molecular complexity index is 1130. The third kappa shape index (κ3) is 14.2. The number of nitrogens with one attached hydrogen (secondary N) is 3. The van der Waals surface area contributed by atoms with Crippen molar-refractivity contribution in [1.29, 1.82) is 0 Å². The lowest BCUT2D eigenvalue weighted by Crippen LogP contribution is -2.42. The Balaban J connectivity index is 0.00000840. The molecule has 0 saturated heterocycles. The van der Waals surface area contributed by atoms with Crippen LogP contribution in [0.5, 0.6) is 5.75 Å². The molecule has 0 spiro atoms. The number of hydrogen-bond acceptors (Lipinski definition) is 8. The standard InChI is InChI=1S/C28H36N4O8.ClH/c1-19(31-28(38)39-18-21-7-3-2-4-8-21)27(37)40-22-13-11-20(12-14-22)17-23(26(35)36)32-25(34)10-6-16-30-24(33)9-5-15-29;/h2-4,7-8,11-14,19,23H,5-6,9-10,15-18,29H2,1H3,(H,30,33)(H,31,38)(H,32,34)(H,35,36);1H/t19-,23-;/m0./s1. The summed E-state index contributed by atoms with van der Waals surface area (Å²) in [7, 11) is 0. The molecule has 0 bridgehead atoms. The zero-order valence-corrected chi connectivity index (χ0v) is 23.6. The molecule has 0 aromatic heterocycles. The van der Waals surface area contributed by atoms with Crippen molar-refractivity contribution in [2.45, 2.75) is 57.7 Å². The second-order valence-corrected chi connectivity index (χ2v) is 9.00. The van der Waals surface area contributed by atoms with Gasteiger partial charge in [0.2, 0.25) is 11.8 Å². The van der Waals surface area contributed by atoms with E-state index in [0.717, 1.165) is 5.56 Å². The minimum atomic E-state index is -1.20. The Labute approximate surface area is 244 Å². The molecule has 13 heteroatoms. The zero-order chi connectivity index (χ0) is 29.3. The number of carbonyl (C=O) groups is 5. The number of carboxylic acids is 1. The minimum Gasteiger partial charge on any atom is -0.480 e. The fourth-order valence-electron chi connectivity index (χ4n) is 3.43. The van der Waals surface area contributed by atoms with Crippen LogP contribution in [-0.4, -0.2) is 60.1 Å². The van der Waals surface area contributed by atoms with Gasteiger partial charge in [-0.3, -0.25) is 9.59 Å². The van der Waals surface area contributed by atoms with E-state index in [1.54, 1.807) is 24.3 Å². The molecule has 0 radical (unpaired) electrons. The number of nitrogens with two attached hydrogens (primary N) is 1. The summed E-state index contributed by atoms with van der Waals surface area (Å²) in [6.07, 6.45) is 0.570. The smallest absolute Gasteiger partial charge is 0.408 e. The molecule has 0 aliphatic heterocycles. The molecule has 12 nitrogen and oxygen atoms in total. The second kappa shape index (κ2) is 19.0. The molecular weight excluding hydrogens is 556 g/mol. The number of amides is 3. The van der Waals surface area contributed by atoms with Crippen molar-refractivity contribution in [3.63, 3.8) is 0 Å². The first-order valence-corrected chi connectivity index (χ1v) is 12.9. The number of aliphatic carboxylic acids is 1. The van der Waals surface area contributed by atoms with E-state index in [0.29, 0.717) is 37.9 Å². The normalized spacial score (nSPS) is 11.7. The van der Waals surface area contributed by atoms with Gasteiger partial charge < -0.3 is 36.3 Å². The first-order chi connectivity index (χ1) is 19.2. The number of alkyl carbamates (subject to hydrolysis) is 1. The van der Waals surface area contributed by atoms with Crippen LogP contribution in [0.1, 0.15) is 43.7 Å². The maximum absolute atomic E-state index is 12.3. The molecule has 0 unspecified atom stereocenters. The number of carbonyl (C=O) groups excluding carboxylic acids is 4. The number of carboxylic acid groups (broad SMARTS) is 1. The van der Waals surface area contributed by atoms with Crippen molar-refractivity contribution in [2.75, 3.05) is 13.1 Å². The predicted octanol–water partition coefficient (Wildman–Crippen LogP) is 2.08. The van der Waals surface area contributed by atoms with Crippen LogP contribution in [0.25, 0.3) is 0 Å². The Morgan fingerprint density at radius 3 is 2.17 bits per heavy atom. The summed E-state index contributed by atoms with van der Waals surface area (Å²) in [6, 6.07) is 13.1. The average Bonchev–Trinajstić information content (AvgIpc) is 2.94. The maximum atomic E-state index is 12.3. The van der Waals surface area contributed by atoms with Gasteiger partial charge in [-0.1, -0.05) is 42.5 Å². The van der Waals surface area contributed by atoms with Crippen LogP contribution in [0.4, 0.5) is 4.79 Å². The lowest BCUT2D eigenvalue weighted by Gasteiger charge is -2.16. The topological polar surface area (TPSA) is 186 Å². The van der Waals surface area contributed by atoms with E-state index in [4.69, 9.17) is 15.2 Å². The summed E-state index contributed by atoms with van der Waals surface area (Å²) >= 11 is 0. The molecule has 6 N–H and O–H groups in total. The number of ether oxygens (including phenoxy) is 2. The summed E-state index contributed by atoms with van der Waals surface area (Å²) in [5, 5.41) is 17.1. The Hall–Kier alpha value is -4.16. The van der Waals surface area contributed by atoms with Crippen LogP contribution in [0.3, 0.4) is 0 Å². The summed E-state index contributed by atoms with van der Waals surface area (Å²) in [4.78, 5) is 59.7. The summed E-state index contributed by atoms with van der Waals surface area (Å²) in [5.74, 6) is -2.30. The zero-order valence-electron chi connectivity index (χ0n) is 22.8. The highest BCUT2D eigenvalue weighted by Crippen LogP contribution is 2.15. The van der Waals surface area contributed by atoms with Crippen molar-refractivity contribution < 1.29 is 38.6 Å². The molecule has 2 aromatic carbocycles. The molecule has 0 fully saturated rings. The number of esters is 1. The van der Waals surface area contributed by atoms with Gasteiger partial charge in [0.05, 0.1) is 0 Å². The highest BCUT2D eigenvalue weighted by molar-refractivity contribution is 5.85. The van der Waals surface area contributed by atoms with Crippen molar-refractivity contribution in [2.24, 2.45) is 5.73 Å². The van der Waals surface area contributed by atoms with Gasteiger partial charge in [-0.05, 0) is 49.6 Å². The first-order valence-electron chi connectivity index (χ1n) is 12.9. The molecular formula is C28H37ClN4O8. The Morgan fingerprint density at radius 2 is 1.54 bits per heavy atom. The number of hydrogen-bond donors (Lipinski definition) is 5. The van der Waals surface area contributed by atoms with E-state index in [1.807, 2.05) is 18.2 Å². The first kappa shape index (κ1) is 34.9. The molecule has 3 amide bonds. The number of rotatable bonds is 16. The molecule has 224 valence electrons. The van der Waals surface area contributed by atoms with E-state index in [9.17, 15) is 29.1 Å². The van der Waals surface area contributed by atoms with Gasteiger partial charge in [0, 0.05) is 25.8 Å². The quantitative estimate of drug-likeness (QED) is 0.110. The summed E-state index contributed by atoms with van der Waals surface area (Å²) in [6.45, 7) is 2.24. The van der Waals surface area contributed by atoms with Crippen molar-refractivity contribution in [1.82, 2.24) is 16.0 Å². The van der Waals surface area contributed by atoms with E-state index in [-0.39, 0.29) is 43.5 Å². The third-order valence-electron chi connectivity index (χ3n) is 5.63. The lowest BCUT2D eigenvalue weighted by molar-refractivity contribution is -0.141. The van der Waals surface area contributed by atoms with E-state index >= 15 is 0 Å². The van der Waals surface area contributed by atoms with Crippen molar-refractivity contribution in [3.8, 4) is 5.75 Å². The van der Waals surface area contributed by atoms with E-state index < -0.39 is 36.0 Å². The van der Waals surface area contributed by atoms with Crippen LogP contribution in [0.2, 0.25) is 0 Å². The van der Waals surface area contributed by atoms with Gasteiger partial charge >= 0.3 is 18.0 Å². The molecule has 41 heavy (non-hydrogen) atoms. The highest BCUT2D eigenvalue weighted by Gasteiger charge is 2.21. The third-order valence-corrected chi connectivity index (χ3v) is 5.63. The fraction of sp³-hybridized carbons (Fsp3) is 0.393. The van der Waals surface area contributed by atoms with Crippen molar-refractivity contribution in [3.05, 3.63) is 65.7 Å². The van der Waals surface area contributed by atoms with Gasteiger partial charge in [0.15, 0.2) is 0 Å². The Morgan fingerprint density at radius 1 is 0.878 bits per heavy atom. The SMILES string of the molecule is C[C@H](NC(=O)OCc1ccccc1)C(=O)Oc1ccc(C[C@H](NC(=O)CCCNC(=O)CCCN)C(=O)O)cc1.Cl. The van der Waals surface area contributed by atoms with Crippen LogP contribution in [0.15, 0.2) is 54.6 Å². The van der Waals surface area contributed by atoms with Crippen LogP contribution < -0.4 is 26.4 Å². The van der Waals surface area contributed by atoms with Crippen molar-refractivity contribution >= 4 is 42.3 Å².